The van der Waals surface area contributed by atoms with Crippen LogP contribution in [0.4, 0.5) is 5.13 Å². The molecule has 0 spiro atoms. The van der Waals surface area contributed by atoms with Gasteiger partial charge in [0.15, 0.2) is 5.13 Å². The van der Waals surface area contributed by atoms with Crippen molar-refractivity contribution in [3.63, 3.8) is 0 Å². The van der Waals surface area contributed by atoms with E-state index in [2.05, 4.69) is 28.5 Å². The van der Waals surface area contributed by atoms with E-state index in [0.717, 1.165) is 21.0 Å². The molecule has 4 nitrogen and oxygen atoms in total. The highest BCUT2D eigenvalue weighted by Crippen LogP contribution is 2.32. The maximum atomic E-state index is 11.7. The van der Waals surface area contributed by atoms with Crippen molar-refractivity contribution in [1.29, 1.82) is 0 Å². The van der Waals surface area contributed by atoms with Crippen LogP contribution in [0.2, 0.25) is 0 Å². The molecule has 23 heavy (non-hydrogen) atoms. The van der Waals surface area contributed by atoms with Crippen LogP contribution in [0, 0.1) is 0 Å². The zero-order valence-electron chi connectivity index (χ0n) is 12.7. The van der Waals surface area contributed by atoms with Gasteiger partial charge in [0.1, 0.15) is 5.03 Å². The first-order chi connectivity index (χ1) is 11.1. The van der Waals surface area contributed by atoms with Crippen LogP contribution < -0.4 is 5.32 Å². The number of nitrogens with one attached hydrogen (secondary N) is 1. The minimum absolute atomic E-state index is 0.0379. The Bertz CT molecular complexity index is 917. The molecule has 0 bridgehead atoms. The molecule has 0 aliphatic heterocycles. The molecule has 3 rings (SSSR count). The Morgan fingerprint density at radius 3 is 2.87 bits per heavy atom. The molecule has 3 aromatic rings. The molecule has 0 aliphatic rings. The number of carbonyl (C=O) groups excluding carboxylic acids is 1. The molecular formula is C17H15ClN2O2S. The molecule has 0 amide bonds. The van der Waals surface area contributed by atoms with Crippen LogP contribution in [0.3, 0.4) is 0 Å². The SMILES string of the molecule is CCOC(=O)/C(Cl)=C(/C)Nc1nc2c(ccc3ccccc32)s1. The zero-order chi connectivity index (χ0) is 16.4. The lowest BCUT2D eigenvalue weighted by molar-refractivity contribution is -0.137. The van der Waals surface area contributed by atoms with Crippen molar-refractivity contribution >= 4 is 55.0 Å². The number of aromatic nitrogens is 1. The van der Waals surface area contributed by atoms with Crippen molar-refractivity contribution in [2.75, 3.05) is 11.9 Å². The number of hydrogen-bond acceptors (Lipinski definition) is 5. The van der Waals surface area contributed by atoms with Crippen LogP contribution in [0.25, 0.3) is 21.0 Å². The Labute approximate surface area is 142 Å². The number of hydrogen-bond donors (Lipinski definition) is 1. The van der Waals surface area contributed by atoms with E-state index in [-0.39, 0.29) is 11.6 Å². The topological polar surface area (TPSA) is 51.2 Å². The minimum Gasteiger partial charge on any atom is -0.462 e. The predicted octanol–water partition coefficient (Wildman–Crippen LogP) is 4.89. The van der Waals surface area contributed by atoms with Crippen molar-refractivity contribution in [3.05, 3.63) is 47.1 Å². The molecule has 0 fully saturated rings. The van der Waals surface area contributed by atoms with E-state index in [4.69, 9.17) is 16.3 Å². The summed E-state index contributed by atoms with van der Waals surface area (Å²) in [6.07, 6.45) is 0. The van der Waals surface area contributed by atoms with Crippen molar-refractivity contribution in [2.24, 2.45) is 0 Å². The first-order valence-corrected chi connectivity index (χ1v) is 8.38. The Kier molecular flexibility index (Phi) is 4.50. The number of ether oxygens (including phenoxy) is 1. The van der Waals surface area contributed by atoms with Crippen LogP contribution in [0.5, 0.6) is 0 Å². The lowest BCUT2D eigenvalue weighted by atomic mass is 10.1. The summed E-state index contributed by atoms with van der Waals surface area (Å²) in [4.78, 5) is 16.3. The third-order valence-corrected chi connectivity index (χ3v) is 4.74. The summed E-state index contributed by atoms with van der Waals surface area (Å²) in [5, 5.41) is 6.07. The van der Waals surface area contributed by atoms with E-state index in [9.17, 15) is 4.79 Å². The Morgan fingerprint density at radius 2 is 2.09 bits per heavy atom. The number of anilines is 1. The number of halogens is 1. The van der Waals surface area contributed by atoms with Gasteiger partial charge in [-0.15, -0.1) is 0 Å². The lowest BCUT2D eigenvalue weighted by Gasteiger charge is -2.05. The molecule has 1 N–H and O–H groups in total. The lowest BCUT2D eigenvalue weighted by Crippen LogP contribution is -2.08. The standard InChI is InChI=1S/C17H15ClN2O2S/c1-3-22-16(21)14(18)10(2)19-17-20-15-12-7-5-4-6-11(12)8-9-13(15)23-17/h4-9H,3H2,1-2H3,(H,19,20)/b14-10+. The number of thiazole rings is 1. The average Bonchev–Trinajstić information content (AvgIpc) is 2.97. The van der Waals surface area contributed by atoms with Crippen molar-refractivity contribution in [1.82, 2.24) is 4.98 Å². The summed E-state index contributed by atoms with van der Waals surface area (Å²) in [6, 6.07) is 12.2. The number of carbonyl (C=O) groups is 1. The van der Waals surface area contributed by atoms with Gasteiger partial charge in [-0.3, -0.25) is 0 Å². The molecule has 1 aromatic heterocycles. The van der Waals surface area contributed by atoms with Gasteiger partial charge in [0, 0.05) is 11.1 Å². The maximum Gasteiger partial charge on any atom is 0.351 e. The summed E-state index contributed by atoms with van der Waals surface area (Å²) < 4.78 is 5.97. The molecule has 118 valence electrons. The molecule has 0 radical (unpaired) electrons. The van der Waals surface area contributed by atoms with E-state index in [0.29, 0.717) is 10.8 Å². The molecule has 1 heterocycles. The van der Waals surface area contributed by atoms with E-state index in [1.165, 1.54) is 11.3 Å². The molecule has 0 saturated heterocycles. The summed E-state index contributed by atoms with van der Waals surface area (Å²) >= 11 is 7.54. The fourth-order valence-corrected chi connectivity index (χ4v) is 3.32. The van der Waals surface area contributed by atoms with Gasteiger partial charge >= 0.3 is 5.97 Å². The minimum atomic E-state index is -0.536. The van der Waals surface area contributed by atoms with E-state index in [1.54, 1.807) is 13.8 Å². The Balaban J connectivity index is 1.96. The molecule has 2 aromatic carbocycles. The summed E-state index contributed by atoms with van der Waals surface area (Å²) in [5.41, 5.74) is 1.46. The maximum absolute atomic E-state index is 11.7. The summed E-state index contributed by atoms with van der Waals surface area (Å²) in [6.45, 7) is 3.75. The number of rotatable bonds is 4. The van der Waals surface area contributed by atoms with Gasteiger partial charge in [0.25, 0.3) is 0 Å². The highest BCUT2D eigenvalue weighted by atomic mass is 35.5. The van der Waals surface area contributed by atoms with Crippen LogP contribution >= 0.6 is 22.9 Å². The third-order valence-electron chi connectivity index (χ3n) is 3.36. The highest BCUT2D eigenvalue weighted by molar-refractivity contribution is 7.22. The normalized spacial score (nSPS) is 12.3. The van der Waals surface area contributed by atoms with Gasteiger partial charge in [-0.1, -0.05) is 53.3 Å². The smallest absolute Gasteiger partial charge is 0.351 e. The first-order valence-electron chi connectivity index (χ1n) is 7.19. The number of esters is 1. The Morgan fingerprint density at radius 1 is 1.30 bits per heavy atom. The second-order valence-electron chi connectivity index (χ2n) is 4.94. The predicted molar refractivity (Wildman–Crippen MR) is 95.9 cm³/mol. The monoisotopic (exact) mass is 346 g/mol. The number of fused-ring (bicyclic) bond motifs is 3. The van der Waals surface area contributed by atoms with Crippen molar-refractivity contribution in [3.8, 4) is 0 Å². The third kappa shape index (κ3) is 3.16. The van der Waals surface area contributed by atoms with Crippen LogP contribution in [-0.2, 0) is 9.53 Å². The highest BCUT2D eigenvalue weighted by Gasteiger charge is 2.13. The fraction of sp³-hybridized carbons (Fsp3) is 0.176. The number of benzene rings is 2. The van der Waals surface area contributed by atoms with E-state index in [1.807, 2.05) is 18.2 Å². The van der Waals surface area contributed by atoms with Gasteiger partial charge in [0.05, 0.1) is 16.8 Å². The zero-order valence-corrected chi connectivity index (χ0v) is 14.3. The largest absolute Gasteiger partial charge is 0.462 e. The molecule has 0 saturated carbocycles. The first kappa shape index (κ1) is 15.8. The van der Waals surface area contributed by atoms with Crippen LogP contribution in [0.1, 0.15) is 13.8 Å². The number of allylic oxidation sites excluding steroid dienone is 1. The molecule has 0 aliphatic carbocycles. The molecule has 6 heteroatoms. The quantitative estimate of drug-likeness (QED) is 0.539. The van der Waals surface area contributed by atoms with Gasteiger partial charge in [-0.25, -0.2) is 9.78 Å². The molecular weight excluding hydrogens is 332 g/mol. The van der Waals surface area contributed by atoms with Gasteiger partial charge in [-0.2, -0.15) is 0 Å². The van der Waals surface area contributed by atoms with Crippen molar-refractivity contribution in [2.45, 2.75) is 13.8 Å². The fourth-order valence-electron chi connectivity index (χ4n) is 2.28. The number of nitrogens with zero attached hydrogens (tertiary/aromatic N) is 1. The average molecular weight is 347 g/mol. The molecule has 0 unspecified atom stereocenters. The summed E-state index contributed by atoms with van der Waals surface area (Å²) in [5.74, 6) is -0.536. The van der Waals surface area contributed by atoms with Crippen molar-refractivity contribution < 1.29 is 9.53 Å². The Hall–Kier alpha value is -2.11. The van der Waals surface area contributed by atoms with E-state index < -0.39 is 5.97 Å². The van der Waals surface area contributed by atoms with Gasteiger partial charge < -0.3 is 10.1 Å². The van der Waals surface area contributed by atoms with E-state index >= 15 is 0 Å². The van der Waals surface area contributed by atoms with Crippen LogP contribution in [0.15, 0.2) is 47.1 Å². The molecule has 0 atom stereocenters. The second kappa shape index (κ2) is 6.56. The van der Waals surface area contributed by atoms with Gasteiger partial charge in [0.2, 0.25) is 0 Å². The summed E-state index contributed by atoms with van der Waals surface area (Å²) in [7, 11) is 0. The van der Waals surface area contributed by atoms with Gasteiger partial charge in [-0.05, 0) is 25.3 Å². The van der Waals surface area contributed by atoms with Crippen LogP contribution in [-0.4, -0.2) is 17.6 Å². The second-order valence-corrected chi connectivity index (χ2v) is 6.35.